The Hall–Kier alpha value is -3.97. The number of carbonyl (C=O) groups excluding carboxylic acids is 2. The molecule has 0 aromatic heterocycles. The number of halogens is 1. The predicted molar refractivity (Wildman–Crippen MR) is 136 cm³/mol. The zero-order valence-corrected chi connectivity index (χ0v) is 19.9. The van der Waals surface area contributed by atoms with Crippen LogP contribution >= 0.6 is 15.9 Å². The summed E-state index contributed by atoms with van der Waals surface area (Å²) in [5, 5.41) is 5.79. The monoisotopic (exact) mass is 516 g/mol. The summed E-state index contributed by atoms with van der Waals surface area (Å²) in [7, 11) is 0. The number of benzene rings is 4. The molecule has 0 bridgehead atoms. The summed E-state index contributed by atoms with van der Waals surface area (Å²) in [6, 6.07) is 25.2. The van der Waals surface area contributed by atoms with E-state index in [-0.39, 0.29) is 5.91 Å². The van der Waals surface area contributed by atoms with Gasteiger partial charge in [-0.25, -0.2) is 10.2 Å². The molecule has 0 aliphatic carbocycles. The molecule has 0 aliphatic heterocycles. The van der Waals surface area contributed by atoms with Gasteiger partial charge in [0.05, 0.1) is 18.4 Å². The van der Waals surface area contributed by atoms with Crippen LogP contribution in [0.5, 0.6) is 11.5 Å². The second-order valence-electron chi connectivity index (χ2n) is 7.26. The molecule has 1 N–H and O–H groups in total. The third-order valence-corrected chi connectivity index (χ3v) is 5.49. The van der Waals surface area contributed by atoms with Crippen molar-refractivity contribution in [1.82, 2.24) is 5.43 Å². The minimum Gasteiger partial charge on any atom is -0.490 e. The van der Waals surface area contributed by atoms with Crippen LogP contribution in [0.1, 0.15) is 33.2 Å². The van der Waals surface area contributed by atoms with E-state index in [0.29, 0.717) is 34.8 Å². The van der Waals surface area contributed by atoms with Crippen LogP contribution in [0.3, 0.4) is 0 Å². The molecule has 0 unspecified atom stereocenters. The van der Waals surface area contributed by atoms with Crippen molar-refractivity contribution in [1.29, 1.82) is 0 Å². The Kier molecular flexibility index (Phi) is 7.34. The fraction of sp³-hybridized carbons (Fsp3) is 0.0741. The lowest BCUT2D eigenvalue weighted by Gasteiger charge is -2.12. The van der Waals surface area contributed by atoms with E-state index < -0.39 is 5.97 Å². The normalized spacial score (nSPS) is 10.9. The predicted octanol–water partition coefficient (Wildman–Crippen LogP) is 5.98. The minimum atomic E-state index is -0.471. The molecule has 4 rings (SSSR count). The standard InChI is InChI=1S/C27H21BrN2O4/c1-2-33-25-16-18(17-29-30-26(31)20-11-13-21(28)14-12-20)10-15-24(25)34-27(32)23-9-5-7-19-6-3-4-8-22(19)23/h3-17H,2H2,1H3,(H,30,31)/b29-17-. The molecule has 0 fully saturated rings. The summed E-state index contributed by atoms with van der Waals surface area (Å²) in [6.45, 7) is 2.23. The number of nitrogens with one attached hydrogen (secondary N) is 1. The first-order chi connectivity index (χ1) is 16.5. The van der Waals surface area contributed by atoms with Crippen molar-refractivity contribution in [2.75, 3.05) is 6.61 Å². The molecule has 4 aromatic rings. The van der Waals surface area contributed by atoms with Crippen LogP contribution in [0.15, 0.2) is 94.5 Å². The van der Waals surface area contributed by atoms with Gasteiger partial charge in [-0.3, -0.25) is 4.79 Å². The number of fused-ring (bicyclic) bond motifs is 1. The van der Waals surface area contributed by atoms with E-state index in [1.165, 1.54) is 6.21 Å². The van der Waals surface area contributed by atoms with Gasteiger partial charge < -0.3 is 9.47 Å². The summed E-state index contributed by atoms with van der Waals surface area (Å²) in [5.41, 5.74) is 4.13. The van der Waals surface area contributed by atoms with Gasteiger partial charge in [0.25, 0.3) is 5.91 Å². The van der Waals surface area contributed by atoms with Gasteiger partial charge in [0, 0.05) is 10.0 Å². The summed E-state index contributed by atoms with van der Waals surface area (Å²) >= 11 is 3.34. The highest BCUT2D eigenvalue weighted by Gasteiger charge is 2.15. The molecular formula is C27H21BrN2O4. The number of esters is 1. The molecule has 6 nitrogen and oxygen atoms in total. The summed E-state index contributed by atoms with van der Waals surface area (Å²) in [6.07, 6.45) is 1.50. The maximum absolute atomic E-state index is 12.9. The largest absolute Gasteiger partial charge is 0.490 e. The van der Waals surface area contributed by atoms with Crippen LogP contribution in [0, 0.1) is 0 Å². The van der Waals surface area contributed by atoms with Crippen LogP contribution in [0.2, 0.25) is 0 Å². The minimum absolute atomic E-state index is 0.302. The number of ether oxygens (including phenoxy) is 2. The van der Waals surface area contributed by atoms with Crippen molar-refractivity contribution in [3.05, 3.63) is 106 Å². The van der Waals surface area contributed by atoms with Gasteiger partial charge in [-0.1, -0.05) is 52.3 Å². The van der Waals surface area contributed by atoms with Gasteiger partial charge in [0.1, 0.15) is 0 Å². The van der Waals surface area contributed by atoms with Crippen LogP contribution in [-0.4, -0.2) is 24.7 Å². The molecule has 0 aliphatic rings. The quantitative estimate of drug-likeness (QED) is 0.142. The summed E-state index contributed by atoms with van der Waals surface area (Å²) in [5.74, 6) is -0.0922. The molecule has 0 spiro atoms. The van der Waals surface area contributed by atoms with E-state index in [4.69, 9.17) is 9.47 Å². The van der Waals surface area contributed by atoms with E-state index in [1.54, 1.807) is 48.5 Å². The zero-order chi connectivity index (χ0) is 23.9. The molecule has 0 saturated heterocycles. The lowest BCUT2D eigenvalue weighted by atomic mass is 10.0. The number of amides is 1. The van der Waals surface area contributed by atoms with E-state index >= 15 is 0 Å². The number of hydrogen-bond donors (Lipinski definition) is 1. The van der Waals surface area contributed by atoms with Crippen LogP contribution in [0.4, 0.5) is 0 Å². The third kappa shape index (κ3) is 5.50. The number of nitrogens with zero attached hydrogens (tertiary/aromatic N) is 1. The fourth-order valence-corrected chi connectivity index (χ4v) is 3.61. The number of hydrogen-bond acceptors (Lipinski definition) is 5. The molecule has 4 aromatic carbocycles. The van der Waals surface area contributed by atoms with E-state index in [1.807, 2.05) is 43.3 Å². The maximum Gasteiger partial charge on any atom is 0.344 e. The number of hydrazone groups is 1. The molecule has 0 radical (unpaired) electrons. The Morgan fingerprint density at radius 1 is 0.941 bits per heavy atom. The second kappa shape index (κ2) is 10.8. The van der Waals surface area contributed by atoms with Crippen LogP contribution in [0.25, 0.3) is 10.8 Å². The zero-order valence-electron chi connectivity index (χ0n) is 18.3. The Morgan fingerprint density at radius 2 is 1.71 bits per heavy atom. The van der Waals surface area contributed by atoms with Gasteiger partial charge in [0.15, 0.2) is 11.5 Å². The molecular weight excluding hydrogens is 496 g/mol. The first-order valence-electron chi connectivity index (χ1n) is 10.6. The van der Waals surface area contributed by atoms with Gasteiger partial charge in [-0.2, -0.15) is 5.10 Å². The lowest BCUT2D eigenvalue weighted by molar-refractivity contribution is 0.0730. The van der Waals surface area contributed by atoms with Crippen LogP contribution in [-0.2, 0) is 0 Å². The molecule has 1 amide bonds. The van der Waals surface area contributed by atoms with E-state index in [9.17, 15) is 9.59 Å². The summed E-state index contributed by atoms with van der Waals surface area (Å²) < 4.78 is 12.2. The average Bonchev–Trinajstić information content (AvgIpc) is 2.85. The van der Waals surface area contributed by atoms with E-state index in [0.717, 1.165) is 15.2 Å². The first-order valence-corrected chi connectivity index (χ1v) is 11.4. The van der Waals surface area contributed by atoms with Crippen LogP contribution < -0.4 is 14.9 Å². The van der Waals surface area contributed by atoms with Crippen molar-refractivity contribution in [3.63, 3.8) is 0 Å². The van der Waals surface area contributed by atoms with Crippen molar-refractivity contribution >= 4 is 44.8 Å². The molecule has 0 atom stereocenters. The van der Waals surface area contributed by atoms with Gasteiger partial charge in [-0.05, 0) is 71.8 Å². The molecule has 170 valence electrons. The third-order valence-electron chi connectivity index (χ3n) is 4.97. The van der Waals surface area contributed by atoms with Crippen molar-refractivity contribution < 1.29 is 19.1 Å². The van der Waals surface area contributed by atoms with Gasteiger partial charge in [-0.15, -0.1) is 0 Å². The SMILES string of the molecule is CCOc1cc(/C=N\NC(=O)c2ccc(Br)cc2)ccc1OC(=O)c1cccc2ccccc12. The highest BCUT2D eigenvalue weighted by atomic mass is 79.9. The lowest BCUT2D eigenvalue weighted by Crippen LogP contribution is -2.17. The van der Waals surface area contributed by atoms with Crippen molar-refractivity contribution in [3.8, 4) is 11.5 Å². The number of carbonyl (C=O) groups is 2. The highest BCUT2D eigenvalue weighted by molar-refractivity contribution is 9.10. The Balaban J connectivity index is 1.49. The highest BCUT2D eigenvalue weighted by Crippen LogP contribution is 2.30. The Bertz CT molecular complexity index is 1360. The Labute approximate surface area is 205 Å². The summed E-state index contributed by atoms with van der Waals surface area (Å²) in [4.78, 5) is 25.1. The van der Waals surface area contributed by atoms with Crippen molar-refractivity contribution in [2.24, 2.45) is 5.10 Å². The van der Waals surface area contributed by atoms with Gasteiger partial charge in [0.2, 0.25) is 0 Å². The van der Waals surface area contributed by atoms with Crippen molar-refractivity contribution in [2.45, 2.75) is 6.92 Å². The van der Waals surface area contributed by atoms with E-state index in [2.05, 4.69) is 26.5 Å². The molecule has 34 heavy (non-hydrogen) atoms. The van der Waals surface area contributed by atoms with Gasteiger partial charge >= 0.3 is 5.97 Å². The smallest absolute Gasteiger partial charge is 0.344 e. The molecule has 7 heteroatoms. The molecule has 0 saturated carbocycles. The first kappa shape index (κ1) is 23.2. The Morgan fingerprint density at radius 3 is 2.50 bits per heavy atom. The number of rotatable bonds is 7. The topological polar surface area (TPSA) is 77.0 Å². The maximum atomic E-state index is 12.9. The molecule has 0 heterocycles. The average molecular weight is 517 g/mol. The second-order valence-corrected chi connectivity index (χ2v) is 8.18. The fourth-order valence-electron chi connectivity index (χ4n) is 3.35.